The molecule has 1 aliphatic carbocycles. The number of likely N-dealkylation sites (tertiary alicyclic amines) is 1. The van der Waals surface area contributed by atoms with Crippen molar-refractivity contribution in [2.24, 2.45) is 11.1 Å². The van der Waals surface area contributed by atoms with E-state index in [2.05, 4.69) is 5.32 Å². The maximum Gasteiger partial charge on any atom is 0.238 e. The van der Waals surface area contributed by atoms with Crippen LogP contribution in [0.3, 0.4) is 0 Å². The molecule has 3 rings (SSSR count). The number of hydrogen-bond donors (Lipinski definition) is 2. The van der Waals surface area contributed by atoms with E-state index in [1.807, 2.05) is 11.8 Å². The molecule has 1 atom stereocenters. The van der Waals surface area contributed by atoms with Crippen LogP contribution < -0.4 is 10.5 Å². The zero-order valence-corrected chi connectivity index (χ0v) is 15.9. The molecule has 1 aromatic rings. The number of rotatable bonds is 4. The van der Waals surface area contributed by atoms with Crippen molar-refractivity contribution in [3.8, 4) is 0 Å². The summed E-state index contributed by atoms with van der Waals surface area (Å²) >= 11 is 0. The minimum Gasteiger partial charge on any atom is -0.339 e. The van der Waals surface area contributed by atoms with Crippen LogP contribution in [0.15, 0.2) is 17.0 Å². The standard InChI is InChI=1S/C18H25N3O4S/c1-11-7-15(26(19,24)25)9-16(12(11)2)20-18(23)13-8-17(22)21(10-13)14-5-3-4-6-14/h7,9,13-14H,3-6,8,10H2,1-2H3,(H,20,23)(H2,19,24,25). The Morgan fingerprint density at radius 2 is 1.88 bits per heavy atom. The van der Waals surface area contributed by atoms with Gasteiger partial charge < -0.3 is 10.2 Å². The summed E-state index contributed by atoms with van der Waals surface area (Å²) in [6.45, 7) is 4.01. The van der Waals surface area contributed by atoms with Crippen LogP contribution in [-0.4, -0.2) is 37.7 Å². The molecule has 3 N–H and O–H groups in total. The smallest absolute Gasteiger partial charge is 0.238 e. The lowest BCUT2D eigenvalue weighted by Gasteiger charge is -2.24. The van der Waals surface area contributed by atoms with Gasteiger partial charge in [-0.25, -0.2) is 13.6 Å². The SMILES string of the molecule is Cc1cc(S(N)(=O)=O)cc(NC(=O)C2CC(=O)N(C3CCCC3)C2)c1C. The monoisotopic (exact) mass is 379 g/mol. The number of carbonyl (C=O) groups is 2. The number of nitrogens with one attached hydrogen (secondary N) is 1. The average molecular weight is 379 g/mol. The van der Waals surface area contributed by atoms with E-state index in [1.165, 1.54) is 12.1 Å². The van der Waals surface area contributed by atoms with E-state index in [9.17, 15) is 18.0 Å². The highest BCUT2D eigenvalue weighted by Crippen LogP contribution is 2.30. The first-order valence-electron chi connectivity index (χ1n) is 8.91. The van der Waals surface area contributed by atoms with Gasteiger partial charge in [0.15, 0.2) is 0 Å². The summed E-state index contributed by atoms with van der Waals surface area (Å²) in [7, 11) is -3.86. The lowest BCUT2D eigenvalue weighted by molar-refractivity contribution is -0.129. The van der Waals surface area contributed by atoms with Gasteiger partial charge in [0.1, 0.15) is 0 Å². The third kappa shape index (κ3) is 3.76. The number of aryl methyl sites for hydroxylation is 1. The summed E-state index contributed by atoms with van der Waals surface area (Å²) in [5.74, 6) is -0.642. The Balaban J connectivity index is 1.76. The number of sulfonamides is 1. The molecule has 2 amide bonds. The fourth-order valence-electron chi connectivity index (χ4n) is 3.83. The summed E-state index contributed by atoms with van der Waals surface area (Å²) in [6, 6.07) is 3.12. The van der Waals surface area contributed by atoms with Crippen molar-refractivity contribution in [1.82, 2.24) is 4.90 Å². The summed E-state index contributed by atoms with van der Waals surface area (Å²) < 4.78 is 23.3. The van der Waals surface area contributed by atoms with Crippen LogP contribution in [-0.2, 0) is 19.6 Å². The molecule has 1 heterocycles. The van der Waals surface area contributed by atoms with Crippen LogP contribution in [0.1, 0.15) is 43.2 Å². The molecule has 142 valence electrons. The van der Waals surface area contributed by atoms with Gasteiger partial charge in [-0.2, -0.15) is 0 Å². The van der Waals surface area contributed by atoms with E-state index in [1.54, 1.807) is 6.92 Å². The van der Waals surface area contributed by atoms with Crippen molar-refractivity contribution >= 4 is 27.5 Å². The highest BCUT2D eigenvalue weighted by molar-refractivity contribution is 7.89. The maximum absolute atomic E-state index is 12.7. The van der Waals surface area contributed by atoms with Crippen molar-refractivity contribution in [2.75, 3.05) is 11.9 Å². The lowest BCUT2D eigenvalue weighted by Crippen LogP contribution is -2.35. The maximum atomic E-state index is 12.7. The number of nitrogens with zero attached hydrogens (tertiary/aromatic N) is 1. The summed E-state index contributed by atoms with van der Waals surface area (Å²) in [5, 5.41) is 8.01. The molecule has 2 fully saturated rings. The minimum absolute atomic E-state index is 0.0308. The van der Waals surface area contributed by atoms with Crippen LogP contribution in [0.5, 0.6) is 0 Å². The fourth-order valence-corrected chi connectivity index (χ4v) is 4.45. The van der Waals surface area contributed by atoms with Crippen LogP contribution in [0.2, 0.25) is 0 Å². The molecule has 1 aliphatic heterocycles. The second-order valence-corrected chi connectivity index (χ2v) is 8.89. The second kappa shape index (κ2) is 7.00. The van der Waals surface area contributed by atoms with E-state index in [0.29, 0.717) is 12.2 Å². The van der Waals surface area contributed by atoms with Crippen molar-refractivity contribution in [1.29, 1.82) is 0 Å². The van der Waals surface area contributed by atoms with E-state index >= 15 is 0 Å². The molecular formula is C18H25N3O4S. The van der Waals surface area contributed by atoms with Crippen LogP contribution >= 0.6 is 0 Å². The molecule has 0 aromatic heterocycles. The molecule has 8 heteroatoms. The number of carbonyl (C=O) groups excluding carboxylic acids is 2. The third-order valence-electron chi connectivity index (χ3n) is 5.52. The van der Waals surface area contributed by atoms with Crippen LogP contribution in [0.25, 0.3) is 0 Å². The Labute approximate surface area is 154 Å². The Morgan fingerprint density at radius 3 is 2.50 bits per heavy atom. The first-order chi connectivity index (χ1) is 12.2. The van der Waals surface area contributed by atoms with Gasteiger partial charge in [-0.3, -0.25) is 9.59 Å². The van der Waals surface area contributed by atoms with Gasteiger partial charge in [0.05, 0.1) is 10.8 Å². The molecule has 7 nitrogen and oxygen atoms in total. The number of hydrogen-bond acceptors (Lipinski definition) is 4. The van der Waals surface area contributed by atoms with Gasteiger partial charge in [0, 0.05) is 24.7 Å². The Morgan fingerprint density at radius 1 is 1.23 bits per heavy atom. The van der Waals surface area contributed by atoms with Crippen LogP contribution in [0.4, 0.5) is 5.69 Å². The molecule has 26 heavy (non-hydrogen) atoms. The highest BCUT2D eigenvalue weighted by Gasteiger charge is 2.38. The summed E-state index contributed by atoms with van der Waals surface area (Å²) in [6.07, 6.45) is 4.48. The van der Waals surface area contributed by atoms with Gasteiger partial charge in [0.2, 0.25) is 21.8 Å². The molecular weight excluding hydrogens is 354 g/mol. The molecule has 2 aliphatic rings. The quantitative estimate of drug-likeness (QED) is 0.829. The number of anilines is 1. The third-order valence-corrected chi connectivity index (χ3v) is 6.41. The van der Waals surface area contributed by atoms with Gasteiger partial charge in [-0.05, 0) is 49.9 Å². The molecule has 0 radical (unpaired) electrons. The van der Waals surface area contributed by atoms with Crippen molar-refractivity contribution in [3.05, 3.63) is 23.3 Å². The molecule has 1 saturated heterocycles. The largest absolute Gasteiger partial charge is 0.339 e. The first-order valence-corrected chi connectivity index (χ1v) is 10.5. The zero-order valence-electron chi connectivity index (χ0n) is 15.1. The van der Waals surface area contributed by atoms with E-state index in [-0.39, 0.29) is 29.2 Å². The van der Waals surface area contributed by atoms with Crippen LogP contribution in [0, 0.1) is 19.8 Å². The number of amides is 2. The minimum atomic E-state index is -3.86. The Kier molecular flexibility index (Phi) is 5.07. The molecule has 1 aromatic carbocycles. The van der Waals surface area contributed by atoms with Gasteiger partial charge in [0.25, 0.3) is 0 Å². The molecule has 1 saturated carbocycles. The van der Waals surface area contributed by atoms with Crippen molar-refractivity contribution < 1.29 is 18.0 Å². The number of primary sulfonamides is 1. The van der Waals surface area contributed by atoms with Gasteiger partial charge in [-0.1, -0.05) is 12.8 Å². The topological polar surface area (TPSA) is 110 Å². The van der Waals surface area contributed by atoms with Crippen molar-refractivity contribution in [2.45, 2.75) is 56.9 Å². The lowest BCUT2D eigenvalue weighted by atomic mass is 10.1. The Hall–Kier alpha value is -1.93. The Bertz CT molecular complexity index is 844. The fraction of sp³-hybridized carbons (Fsp3) is 0.556. The predicted molar refractivity (Wildman–Crippen MR) is 98.0 cm³/mol. The van der Waals surface area contributed by atoms with Crippen molar-refractivity contribution in [3.63, 3.8) is 0 Å². The van der Waals surface area contributed by atoms with E-state index < -0.39 is 15.9 Å². The van der Waals surface area contributed by atoms with Gasteiger partial charge in [-0.15, -0.1) is 0 Å². The summed E-state index contributed by atoms with van der Waals surface area (Å²) in [5.41, 5.74) is 1.93. The normalized spacial score (nSPS) is 21.4. The predicted octanol–water partition coefficient (Wildman–Crippen LogP) is 1.68. The molecule has 0 bridgehead atoms. The van der Waals surface area contributed by atoms with Gasteiger partial charge >= 0.3 is 0 Å². The number of nitrogens with two attached hydrogens (primary N) is 1. The van der Waals surface area contributed by atoms with E-state index in [4.69, 9.17) is 5.14 Å². The van der Waals surface area contributed by atoms with E-state index in [0.717, 1.165) is 36.8 Å². The summed E-state index contributed by atoms with van der Waals surface area (Å²) in [4.78, 5) is 26.8. The molecule has 0 spiro atoms. The second-order valence-electron chi connectivity index (χ2n) is 7.33. The highest BCUT2D eigenvalue weighted by atomic mass is 32.2. The zero-order chi connectivity index (χ0) is 19.1. The average Bonchev–Trinajstić information content (AvgIpc) is 3.19. The number of benzene rings is 1. The first kappa shape index (κ1) is 18.8. The molecule has 1 unspecified atom stereocenters.